The second-order valence-corrected chi connectivity index (χ2v) is 6.85. The van der Waals surface area contributed by atoms with Crippen molar-refractivity contribution in [1.29, 1.82) is 0 Å². The quantitative estimate of drug-likeness (QED) is 0.585. The molecule has 8 nitrogen and oxygen atoms in total. The molecule has 0 radical (unpaired) electrons. The van der Waals surface area contributed by atoms with Crippen LogP contribution in [0.1, 0.15) is 42.4 Å². The highest BCUT2D eigenvalue weighted by atomic mass is 19.1. The summed E-state index contributed by atoms with van der Waals surface area (Å²) in [5.41, 5.74) is 0.389. The summed E-state index contributed by atoms with van der Waals surface area (Å²) in [5, 5.41) is 12.2. The lowest BCUT2D eigenvalue weighted by molar-refractivity contribution is 0.0514. The van der Waals surface area contributed by atoms with Gasteiger partial charge in [-0.2, -0.15) is 0 Å². The van der Waals surface area contributed by atoms with Crippen molar-refractivity contribution in [3.63, 3.8) is 0 Å². The van der Waals surface area contributed by atoms with Crippen molar-refractivity contribution < 1.29 is 18.4 Å². The number of pyridine rings is 1. The molecule has 0 saturated heterocycles. The lowest BCUT2D eigenvalue weighted by atomic mass is 9.72. The molecule has 3 aromatic rings. The third-order valence-electron chi connectivity index (χ3n) is 5.26. The summed E-state index contributed by atoms with van der Waals surface area (Å²) >= 11 is 0. The van der Waals surface area contributed by atoms with Crippen molar-refractivity contribution in [2.75, 3.05) is 18.6 Å². The maximum absolute atomic E-state index is 14.4. The van der Waals surface area contributed by atoms with E-state index in [0.717, 1.165) is 19.3 Å². The van der Waals surface area contributed by atoms with Crippen LogP contribution in [0.5, 0.6) is 0 Å². The molecule has 29 heavy (non-hydrogen) atoms. The first-order valence-corrected chi connectivity index (χ1v) is 9.38. The lowest BCUT2D eigenvalue weighted by Crippen LogP contribution is -2.51. The Bertz CT molecular complexity index is 1020. The minimum absolute atomic E-state index is 0.0730. The van der Waals surface area contributed by atoms with Crippen molar-refractivity contribution in [1.82, 2.24) is 20.3 Å². The van der Waals surface area contributed by atoms with Crippen LogP contribution in [0.3, 0.4) is 0 Å². The van der Waals surface area contributed by atoms with Gasteiger partial charge in [-0.25, -0.2) is 9.18 Å². The van der Waals surface area contributed by atoms with Gasteiger partial charge >= 0.3 is 5.97 Å². The molecule has 1 fully saturated rings. The molecule has 0 atom stereocenters. The van der Waals surface area contributed by atoms with Gasteiger partial charge in [-0.1, -0.05) is 5.16 Å². The number of anilines is 1. The molecule has 0 spiro atoms. The van der Waals surface area contributed by atoms with Crippen LogP contribution in [-0.2, 0) is 10.3 Å². The number of carbonyl (C=O) groups excluding carboxylic acids is 1. The summed E-state index contributed by atoms with van der Waals surface area (Å²) in [5.74, 6) is 0.0143. The predicted molar refractivity (Wildman–Crippen MR) is 102 cm³/mol. The number of ether oxygens (including phenoxy) is 1. The Kier molecular flexibility index (Phi) is 4.96. The Morgan fingerprint density at radius 3 is 2.76 bits per heavy atom. The van der Waals surface area contributed by atoms with Gasteiger partial charge in [0.15, 0.2) is 17.3 Å². The van der Waals surface area contributed by atoms with E-state index in [0.29, 0.717) is 23.0 Å². The average molecular weight is 397 g/mol. The molecule has 0 aromatic carbocycles. The largest absolute Gasteiger partial charge is 0.461 e. The molecule has 1 aliphatic rings. The highest BCUT2D eigenvalue weighted by Gasteiger charge is 2.46. The van der Waals surface area contributed by atoms with E-state index in [9.17, 15) is 9.18 Å². The van der Waals surface area contributed by atoms with Crippen LogP contribution >= 0.6 is 0 Å². The van der Waals surface area contributed by atoms with Gasteiger partial charge in [-0.15, -0.1) is 10.2 Å². The Morgan fingerprint density at radius 2 is 2.14 bits per heavy atom. The predicted octanol–water partition coefficient (Wildman–Crippen LogP) is 3.36. The van der Waals surface area contributed by atoms with Crippen molar-refractivity contribution in [2.45, 2.75) is 31.7 Å². The fraction of sp³-hybridized carbons (Fsp3) is 0.350. The minimum atomic E-state index is -0.559. The molecule has 1 aliphatic carbocycles. The summed E-state index contributed by atoms with van der Waals surface area (Å²) in [6.45, 7) is 1.96. The summed E-state index contributed by atoms with van der Waals surface area (Å²) in [7, 11) is 1.87. The van der Waals surface area contributed by atoms with Gasteiger partial charge in [-0.3, -0.25) is 4.98 Å². The number of esters is 1. The van der Waals surface area contributed by atoms with Crippen LogP contribution in [0.15, 0.2) is 41.1 Å². The van der Waals surface area contributed by atoms with Gasteiger partial charge in [-0.05, 0) is 50.5 Å². The van der Waals surface area contributed by atoms with Crippen molar-refractivity contribution in [3.05, 3.63) is 53.7 Å². The molecule has 0 bridgehead atoms. The van der Waals surface area contributed by atoms with Gasteiger partial charge in [0.05, 0.1) is 12.1 Å². The Hall–Kier alpha value is -3.36. The average Bonchev–Trinajstić information content (AvgIpc) is 3.19. The maximum atomic E-state index is 14.4. The Balaban J connectivity index is 1.58. The summed E-state index contributed by atoms with van der Waals surface area (Å²) in [6, 6.07) is 7.96. The number of carbonyl (C=O) groups is 1. The monoisotopic (exact) mass is 397 g/mol. The topological polar surface area (TPSA) is 94.2 Å². The molecule has 3 aromatic heterocycles. The van der Waals surface area contributed by atoms with E-state index in [1.807, 2.05) is 11.9 Å². The minimum Gasteiger partial charge on any atom is -0.461 e. The molecular weight excluding hydrogens is 377 g/mol. The molecule has 0 unspecified atom stereocenters. The number of aromatic nitrogens is 4. The second-order valence-electron chi connectivity index (χ2n) is 6.85. The molecular formula is C20H20FN5O3. The number of nitrogens with zero attached hydrogens (tertiary/aromatic N) is 5. The molecule has 1 saturated carbocycles. The van der Waals surface area contributed by atoms with Gasteiger partial charge in [0.25, 0.3) is 0 Å². The number of halogens is 1. The first-order chi connectivity index (χ1) is 14.0. The van der Waals surface area contributed by atoms with E-state index in [1.54, 1.807) is 31.3 Å². The van der Waals surface area contributed by atoms with Crippen LogP contribution in [0.25, 0.3) is 11.5 Å². The third kappa shape index (κ3) is 3.32. The zero-order chi connectivity index (χ0) is 20.4. The number of hydrogen-bond acceptors (Lipinski definition) is 8. The van der Waals surface area contributed by atoms with E-state index in [2.05, 4.69) is 20.3 Å². The van der Waals surface area contributed by atoms with Crippen LogP contribution in [-0.4, -0.2) is 40.0 Å². The van der Waals surface area contributed by atoms with E-state index in [1.165, 1.54) is 12.1 Å². The highest BCUT2D eigenvalue weighted by molar-refractivity contribution is 5.88. The molecule has 150 valence electrons. The normalized spacial score (nSPS) is 14.9. The Morgan fingerprint density at radius 1 is 1.31 bits per heavy atom. The number of hydrogen-bond donors (Lipinski definition) is 0. The van der Waals surface area contributed by atoms with Gasteiger partial charge in [0, 0.05) is 19.3 Å². The van der Waals surface area contributed by atoms with Crippen LogP contribution in [0.2, 0.25) is 0 Å². The van der Waals surface area contributed by atoms with E-state index in [4.69, 9.17) is 9.26 Å². The third-order valence-corrected chi connectivity index (χ3v) is 5.26. The lowest BCUT2D eigenvalue weighted by Gasteiger charge is -2.48. The van der Waals surface area contributed by atoms with Gasteiger partial charge < -0.3 is 14.2 Å². The van der Waals surface area contributed by atoms with Gasteiger partial charge in [0.2, 0.25) is 0 Å². The summed E-state index contributed by atoms with van der Waals surface area (Å²) < 4.78 is 24.5. The molecule has 0 N–H and O–H groups in total. The zero-order valence-electron chi connectivity index (χ0n) is 16.1. The van der Waals surface area contributed by atoms with Crippen molar-refractivity contribution in [3.8, 4) is 11.5 Å². The van der Waals surface area contributed by atoms with Crippen molar-refractivity contribution in [2.24, 2.45) is 0 Å². The maximum Gasteiger partial charge on any atom is 0.360 e. The Labute approximate surface area is 166 Å². The van der Waals surface area contributed by atoms with Crippen molar-refractivity contribution >= 4 is 11.8 Å². The first-order valence-electron chi connectivity index (χ1n) is 9.38. The second kappa shape index (κ2) is 7.57. The SMILES string of the molecule is CCOC(=O)c1cc(-c2ccc(N(C)C3(c4ncccc4F)CCC3)nn2)on1. The van der Waals surface area contributed by atoms with Gasteiger partial charge in [0.1, 0.15) is 17.2 Å². The van der Waals surface area contributed by atoms with Crippen LogP contribution in [0.4, 0.5) is 10.2 Å². The first kappa shape index (κ1) is 19.0. The number of rotatable bonds is 6. The fourth-order valence-corrected chi connectivity index (χ4v) is 3.52. The van der Waals surface area contributed by atoms with E-state index in [-0.39, 0.29) is 18.1 Å². The highest BCUT2D eigenvalue weighted by Crippen LogP contribution is 2.47. The molecule has 9 heteroatoms. The van der Waals surface area contributed by atoms with Crippen LogP contribution < -0.4 is 4.90 Å². The molecule has 3 heterocycles. The standard InChI is InChI=1S/C20H20FN5O3/c1-3-28-19(27)15-12-16(29-25-15)14-7-8-17(24-23-14)26(2)20(9-5-10-20)18-13(21)6-4-11-22-18/h4,6-8,11-12H,3,5,9-10H2,1-2H3. The summed E-state index contributed by atoms with van der Waals surface area (Å²) in [6.07, 6.45) is 4.16. The van der Waals surface area contributed by atoms with Crippen LogP contribution in [0, 0.1) is 5.82 Å². The zero-order valence-corrected chi connectivity index (χ0v) is 16.1. The van der Waals surface area contributed by atoms with E-state index < -0.39 is 11.5 Å². The smallest absolute Gasteiger partial charge is 0.360 e. The summed E-state index contributed by atoms with van der Waals surface area (Å²) in [4.78, 5) is 17.9. The molecule has 0 aliphatic heterocycles. The molecule has 0 amide bonds. The fourth-order valence-electron chi connectivity index (χ4n) is 3.52. The molecule has 4 rings (SSSR count). The van der Waals surface area contributed by atoms with E-state index >= 15 is 0 Å².